The van der Waals surface area contributed by atoms with E-state index in [0.29, 0.717) is 28.8 Å². The summed E-state index contributed by atoms with van der Waals surface area (Å²) in [4.78, 5) is 7.72. The summed E-state index contributed by atoms with van der Waals surface area (Å²) in [7, 11) is -2.18. The SMILES string of the molecule is COc1ccccc1-n1c(CS(=O)(=O)[C@H](C)Cc2ncc(F)cn2)nnc1-c1ccc(C)o1. The maximum atomic E-state index is 13.2. The van der Waals surface area contributed by atoms with Crippen LogP contribution in [0.5, 0.6) is 5.75 Å². The molecular weight excluding hydrogens is 449 g/mol. The van der Waals surface area contributed by atoms with Crippen LogP contribution in [0.25, 0.3) is 17.3 Å². The zero-order valence-corrected chi connectivity index (χ0v) is 19.1. The first kappa shape index (κ1) is 22.6. The molecular formula is C22H22FN5O4S. The molecule has 1 aromatic carbocycles. The number of methoxy groups -OCH3 is 1. The zero-order chi connectivity index (χ0) is 23.6. The van der Waals surface area contributed by atoms with Gasteiger partial charge >= 0.3 is 0 Å². The number of aryl methyl sites for hydroxylation is 1. The molecule has 4 aromatic rings. The maximum absolute atomic E-state index is 13.2. The Morgan fingerprint density at radius 3 is 2.52 bits per heavy atom. The van der Waals surface area contributed by atoms with Gasteiger partial charge in [0.05, 0.1) is 30.4 Å². The fourth-order valence-electron chi connectivity index (χ4n) is 3.34. The van der Waals surface area contributed by atoms with E-state index in [2.05, 4.69) is 20.2 Å². The van der Waals surface area contributed by atoms with Crippen LogP contribution in [0.1, 0.15) is 24.3 Å². The van der Waals surface area contributed by atoms with Crippen molar-refractivity contribution in [2.45, 2.75) is 31.3 Å². The van der Waals surface area contributed by atoms with E-state index in [1.54, 1.807) is 42.7 Å². The normalized spacial score (nSPS) is 12.6. The van der Waals surface area contributed by atoms with E-state index in [1.807, 2.05) is 12.1 Å². The quantitative estimate of drug-likeness (QED) is 0.385. The second kappa shape index (κ2) is 9.10. The molecule has 33 heavy (non-hydrogen) atoms. The summed E-state index contributed by atoms with van der Waals surface area (Å²) >= 11 is 0. The van der Waals surface area contributed by atoms with Crippen molar-refractivity contribution in [1.82, 2.24) is 24.7 Å². The summed E-state index contributed by atoms with van der Waals surface area (Å²) in [6, 6.07) is 10.7. The van der Waals surface area contributed by atoms with E-state index in [0.717, 1.165) is 12.4 Å². The number of aromatic nitrogens is 5. The van der Waals surface area contributed by atoms with Crippen LogP contribution in [0.3, 0.4) is 0 Å². The van der Waals surface area contributed by atoms with Crippen molar-refractivity contribution in [3.63, 3.8) is 0 Å². The molecule has 0 saturated carbocycles. The molecule has 0 aliphatic carbocycles. The van der Waals surface area contributed by atoms with Gasteiger partial charge in [-0.1, -0.05) is 12.1 Å². The number of para-hydroxylation sites is 2. The van der Waals surface area contributed by atoms with Crippen molar-refractivity contribution < 1.29 is 22.0 Å². The minimum absolute atomic E-state index is 0.0373. The molecule has 9 nitrogen and oxygen atoms in total. The molecule has 0 aliphatic rings. The Labute approximate surface area is 190 Å². The van der Waals surface area contributed by atoms with Crippen LogP contribution in [0.2, 0.25) is 0 Å². The van der Waals surface area contributed by atoms with Gasteiger partial charge in [0, 0.05) is 6.42 Å². The molecule has 0 aliphatic heterocycles. The second-order valence-corrected chi connectivity index (χ2v) is 9.92. The Morgan fingerprint density at radius 2 is 1.85 bits per heavy atom. The van der Waals surface area contributed by atoms with E-state index >= 15 is 0 Å². The summed E-state index contributed by atoms with van der Waals surface area (Å²) in [6.45, 7) is 3.36. The Morgan fingerprint density at radius 1 is 1.12 bits per heavy atom. The lowest BCUT2D eigenvalue weighted by Gasteiger charge is -2.15. The van der Waals surface area contributed by atoms with Crippen molar-refractivity contribution in [2.24, 2.45) is 0 Å². The highest BCUT2D eigenvalue weighted by Gasteiger charge is 2.28. The topological polar surface area (TPSA) is 113 Å². The van der Waals surface area contributed by atoms with Crippen LogP contribution < -0.4 is 4.74 Å². The highest BCUT2D eigenvalue weighted by Crippen LogP contribution is 2.31. The molecule has 1 atom stereocenters. The van der Waals surface area contributed by atoms with E-state index in [1.165, 1.54) is 7.11 Å². The van der Waals surface area contributed by atoms with Crippen molar-refractivity contribution in [2.75, 3.05) is 7.11 Å². The monoisotopic (exact) mass is 471 g/mol. The largest absolute Gasteiger partial charge is 0.495 e. The number of hydrogen-bond acceptors (Lipinski definition) is 8. The molecule has 0 spiro atoms. The smallest absolute Gasteiger partial charge is 0.204 e. The molecule has 0 bridgehead atoms. The molecule has 0 N–H and O–H groups in total. The Kier molecular flexibility index (Phi) is 6.23. The maximum Gasteiger partial charge on any atom is 0.204 e. The number of sulfone groups is 1. The molecule has 11 heteroatoms. The van der Waals surface area contributed by atoms with Gasteiger partial charge in [0.25, 0.3) is 0 Å². The van der Waals surface area contributed by atoms with Crippen LogP contribution in [0.15, 0.2) is 53.2 Å². The average Bonchev–Trinajstić information content (AvgIpc) is 3.40. The zero-order valence-electron chi connectivity index (χ0n) is 18.3. The fourth-order valence-corrected chi connectivity index (χ4v) is 4.58. The summed E-state index contributed by atoms with van der Waals surface area (Å²) < 4.78 is 52.3. The number of hydrogen-bond donors (Lipinski definition) is 0. The minimum atomic E-state index is -3.70. The molecule has 0 saturated heterocycles. The first-order chi connectivity index (χ1) is 15.8. The van der Waals surface area contributed by atoms with Gasteiger partial charge < -0.3 is 9.15 Å². The first-order valence-corrected chi connectivity index (χ1v) is 11.8. The number of benzene rings is 1. The highest BCUT2D eigenvalue weighted by molar-refractivity contribution is 7.91. The number of furan rings is 1. The van der Waals surface area contributed by atoms with Gasteiger partial charge in [0.2, 0.25) is 5.82 Å². The van der Waals surface area contributed by atoms with Gasteiger partial charge in [-0.25, -0.2) is 22.8 Å². The highest BCUT2D eigenvalue weighted by atomic mass is 32.2. The van der Waals surface area contributed by atoms with Gasteiger partial charge in [0.15, 0.2) is 27.2 Å². The van der Waals surface area contributed by atoms with Crippen molar-refractivity contribution in [3.05, 3.63) is 72.0 Å². The Hall–Kier alpha value is -3.60. The number of ether oxygens (including phenoxy) is 1. The summed E-state index contributed by atoms with van der Waals surface area (Å²) in [5.41, 5.74) is 0.578. The average molecular weight is 472 g/mol. The third-order valence-corrected chi connectivity index (χ3v) is 7.16. The number of nitrogens with zero attached hydrogens (tertiary/aromatic N) is 5. The minimum Gasteiger partial charge on any atom is -0.495 e. The lowest BCUT2D eigenvalue weighted by molar-refractivity contribution is 0.412. The van der Waals surface area contributed by atoms with Gasteiger partial charge in [0.1, 0.15) is 23.1 Å². The van der Waals surface area contributed by atoms with Gasteiger partial charge in [-0.15, -0.1) is 10.2 Å². The van der Waals surface area contributed by atoms with Crippen molar-refractivity contribution >= 4 is 9.84 Å². The third-order valence-electron chi connectivity index (χ3n) is 5.10. The van der Waals surface area contributed by atoms with Crippen LogP contribution in [-0.4, -0.2) is 45.5 Å². The molecule has 172 valence electrons. The van der Waals surface area contributed by atoms with Crippen LogP contribution in [-0.2, 0) is 22.0 Å². The summed E-state index contributed by atoms with van der Waals surface area (Å²) in [6.07, 6.45) is 2.06. The van der Waals surface area contributed by atoms with Gasteiger partial charge in [-0.3, -0.25) is 4.57 Å². The third kappa shape index (κ3) is 4.77. The first-order valence-electron chi connectivity index (χ1n) is 10.1. The lowest BCUT2D eigenvalue weighted by Crippen LogP contribution is -2.24. The van der Waals surface area contributed by atoms with Gasteiger partial charge in [-0.2, -0.15) is 0 Å². The molecule has 0 unspecified atom stereocenters. The number of halogens is 1. The molecule has 3 aromatic heterocycles. The van der Waals surface area contributed by atoms with Crippen molar-refractivity contribution in [1.29, 1.82) is 0 Å². The van der Waals surface area contributed by atoms with Crippen LogP contribution in [0.4, 0.5) is 4.39 Å². The van der Waals surface area contributed by atoms with Crippen molar-refractivity contribution in [3.8, 4) is 23.0 Å². The van der Waals surface area contributed by atoms with Crippen LogP contribution in [0, 0.1) is 12.7 Å². The Balaban J connectivity index is 1.73. The molecule has 0 fully saturated rings. The Bertz CT molecular complexity index is 1370. The lowest BCUT2D eigenvalue weighted by atomic mass is 10.2. The molecule has 4 rings (SSSR count). The van der Waals surface area contributed by atoms with E-state index in [9.17, 15) is 12.8 Å². The molecule has 0 radical (unpaired) electrons. The predicted octanol–water partition coefficient (Wildman–Crippen LogP) is 3.32. The van der Waals surface area contributed by atoms with Gasteiger partial charge in [-0.05, 0) is 38.1 Å². The standard InChI is InChI=1S/C22H22FN5O4S/c1-14-8-9-19(32-14)22-27-26-21(28(22)17-6-4-5-7-18(17)31-3)13-33(29,30)15(2)10-20-24-11-16(23)12-25-20/h4-9,11-12,15H,10,13H2,1-3H3/t15-/m1/s1. The van der Waals surface area contributed by atoms with E-state index in [4.69, 9.17) is 9.15 Å². The summed E-state index contributed by atoms with van der Waals surface area (Å²) in [5.74, 6) is 1.48. The van der Waals surface area contributed by atoms with E-state index < -0.39 is 20.9 Å². The second-order valence-electron chi connectivity index (χ2n) is 7.50. The predicted molar refractivity (Wildman–Crippen MR) is 118 cm³/mol. The summed E-state index contributed by atoms with van der Waals surface area (Å²) in [5, 5.41) is 7.57. The van der Waals surface area contributed by atoms with E-state index in [-0.39, 0.29) is 23.8 Å². The molecule has 0 amide bonds. The molecule has 3 heterocycles. The number of rotatable bonds is 8. The fraction of sp³-hybridized carbons (Fsp3) is 0.273. The van der Waals surface area contributed by atoms with Crippen LogP contribution >= 0.6 is 0 Å².